The van der Waals surface area contributed by atoms with Gasteiger partial charge in [-0.15, -0.1) is 0 Å². The van der Waals surface area contributed by atoms with Gasteiger partial charge >= 0.3 is 0 Å². The van der Waals surface area contributed by atoms with E-state index < -0.39 is 15.9 Å². The molecule has 2 heterocycles. The van der Waals surface area contributed by atoms with Gasteiger partial charge in [-0.05, 0) is 49.2 Å². The zero-order valence-electron chi connectivity index (χ0n) is 19.9. The van der Waals surface area contributed by atoms with Crippen molar-refractivity contribution in [1.82, 2.24) is 0 Å². The van der Waals surface area contributed by atoms with Gasteiger partial charge in [-0.25, -0.2) is 8.42 Å². The van der Waals surface area contributed by atoms with E-state index in [9.17, 15) is 13.7 Å². The Kier molecular flexibility index (Phi) is 5.94. The summed E-state index contributed by atoms with van der Waals surface area (Å²) in [6, 6.07) is 24.0. The number of fused-ring (bicyclic) bond motifs is 2. The van der Waals surface area contributed by atoms with E-state index in [2.05, 4.69) is 6.07 Å². The monoisotopic (exact) mass is 499 g/mol. The van der Waals surface area contributed by atoms with Gasteiger partial charge in [0.25, 0.3) is 10.0 Å². The molecule has 2 aliphatic rings. The quantitative estimate of drug-likeness (QED) is 0.534. The third-order valence-electron chi connectivity index (χ3n) is 6.29. The maximum Gasteiger partial charge on any atom is 0.265 e. The lowest BCUT2D eigenvalue weighted by Gasteiger charge is -2.38. The number of aryl methyl sites for hydroxylation is 1. The van der Waals surface area contributed by atoms with Crippen molar-refractivity contribution in [2.24, 2.45) is 5.73 Å². The number of nitrogens with two attached hydrogens (primary N) is 1. The first-order chi connectivity index (χ1) is 17.3. The SMILES string of the molecule is CCOc1ccc(C2C(C#N)=C(N)OC3=C2S(=O)(=O)N(Cc2cccc(C)c2)c2ccccc23)cc1. The summed E-state index contributed by atoms with van der Waals surface area (Å²) in [4.78, 5) is 0.00348. The molecule has 3 aromatic rings. The molecule has 182 valence electrons. The van der Waals surface area contributed by atoms with Crippen LogP contribution in [0.5, 0.6) is 5.75 Å². The van der Waals surface area contributed by atoms with Gasteiger partial charge in [0.05, 0.1) is 24.8 Å². The summed E-state index contributed by atoms with van der Waals surface area (Å²) < 4.78 is 41.4. The molecule has 0 aliphatic carbocycles. The second-order valence-corrected chi connectivity index (χ2v) is 10.5. The lowest BCUT2D eigenvalue weighted by molar-refractivity contribution is 0.340. The predicted molar refractivity (Wildman–Crippen MR) is 138 cm³/mol. The van der Waals surface area contributed by atoms with Crippen LogP contribution < -0.4 is 14.8 Å². The molecular formula is C28H25N3O4S. The average molecular weight is 500 g/mol. The van der Waals surface area contributed by atoms with Crippen molar-refractivity contribution in [3.63, 3.8) is 0 Å². The minimum absolute atomic E-state index is 0.00348. The topological polar surface area (TPSA) is 106 Å². The van der Waals surface area contributed by atoms with Crippen LogP contribution in [-0.2, 0) is 21.3 Å². The first kappa shape index (κ1) is 23.5. The highest BCUT2D eigenvalue weighted by molar-refractivity contribution is 7.96. The molecular weight excluding hydrogens is 474 g/mol. The Morgan fingerprint density at radius 2 is 1.83 bits per heavy atom. The van der Waals surface area contributed by atoms with Gasteiger partial charge in [-0.2, -0.15) is 5.26 Å². The van der Waals surface area contributed by atoms with Crippen molar-refractivity contribution >= 4 is 21.5 Å². The van der Waals surface area contributed by atoms with E-state index in [1.807, 2.05) is 50.2 Å². The van der Waals surface area contributed by atoms with Crippen molar-refractivity contribution in [3.8, 4) is 11.8 Å². The molecule has 2 N–H and O–H groups in total. The second-order valence-electron chi connectivity index (χ2n) is 8.64. The number of anilines is 1. The Labute approximate surface area is 210 Å². The van der Waals surface area contributed by atoms with Crippen LogP contribution in [0.1, 0.15) is 35.1 Å². The van der Waals surface area contributed by atoms with Crippen LogP contribution in [-0.4, -0.2) is 15.0 Å². The molecule has 1 unspecified atom stereocenters. The lowest BCUT2D eigenvalue weighted by atomic mass is 9.88. The van der Waals surface area contributed by atoms with Crippen molar-refractivity contribution in [2.75, 3.05) is 10.9 Å². The molecule has 7 nitrogen and oxygen atoms in total. The fraction of sp³-hybridized carbons (Fsp3) is 0.179. The summed E-state index contributed by atoms with van der Waals surface area (Å²) in [7, 11) is -4.12. The molecule has 1 atom stereocenters. The van der Waals surface area contributed by atoms with Gasteiger partial charge in [0.1, 0.15) is 22.3 Å². The molecule has 0 aromatic heterocycles. The summed E-state index contributed by atoms with van der Waals surface area (Å²) in [6.07, 6.45) is 0. The zero-order chi connectivity index (χ0) is 25.4. The number of sulfonamides is 1. The van der Waals surface area contributed by atoms with Crippen LogP contribution >= 0.6 is 0 Å². The third kappa shape index (κ3) is 3.88. The van der Waals surface area contributed by atoms with Gasteiger partial charge in [0, 0.05) is 5.56 Å². The van der Waals surface area contributed by atoms with E-state index in [0.29, 0.717) is 29.2 Å². The van der Waals surface area contributed by atoms with Gasteiger partial charge in [0.2, 0.25) is 5.88 Å². The highest BCUT2D eigenvalue weighted by Crippen LogP contribution is 2.51. The Balaban J connectivity index is 1.72. The smallest absolute Gasteiger partial charge is 0.265 e. The minimum Gasteiger partial charge on any atom is -0.494 e. The summed E-state index contributed by atoms with van der Waals surface area (Å²) in [5.41, 5.74) is 9.83. The van der Waals surface area contributed by atoms with E-state index in [1.165, 1.54) is 4.31 Å². The number of ether oxygens (including phenoxy) is 2. The normalized spacial score (nSPS) is 18.1. The van der Waals surface area contributed by atoms with Crippen LogP contribution in [0.2, 0.25) is 0 Å². The van der Waals surface area contributed by atoms with E-state index in [0.717, 1.165) is 11.1 Å². The first-order valence-corrected chi connectivity index (χ1v) is 13.0. The number of hydrogen-bond acceptors (Lipinski definition) is 6. The van der Waals surface area contributed by atoms with E-state index in [-0.39, 0.29) is 28.7 Å². The van der Waals surface area contributed by atoms with Crippen LogP contribution in [0.15, 0.2) is 89.2 Å². The predicted octanol–water partition coefficient (Wildman–Crippen LogP) is 4.92. The maximum absolute atomic E-state index is 14.3. The Morgan fingerprint density at radius 3 is 2.53 bits per heavy atom. The molecule has 0 bridgehead atoms. The molecule has 0 fully saturated rings. The van der Waals surface area contributed by atoms with Gasteiger partial charge in [-0.3, -0.25) is 4.31 Å². The molecule has 0 amide bonds. The number of nitrogens with zero attached hydrogens (tertiary/aromatic N) is 2. The standard InChI is InChI=1S/C28H25N3O4S/c1-3-34-21-13-11-20(12-14-21)25-23(16-29)28(30)35-26-22-9-4-5-10-24(22)31(36(32,33)27(25)26)17-19-8-6-7-18(2)15-19/h4-15,25H,3,17,30H2,1-2H3. The number of allylic oxidation sites excluding steroid dienone is 2. The summed E-state index contributed by atoms with van der Waals surface area (Å²) in [5, 5.41) is 10.00. The molecule has 3 aromatic carbocycles. The molecule has 0 saturated heterocycles. The van der Waals surface area contributed by atoms with Crippen LogP contribution in [0.25, 0.3) is 5.76 Å². The molecule has 36 heavy (non-hydrogen) atoms. The van der Waals surface area contributed by atoms with Crippen LogP contribution in [0.4, 0.5) is 5.69 Å². The third-order valence-corrected chi connectivity index (χ3v) is 8.17. The van der Waals surface area contributed by atoms with Crippen molar-refractivity contribution in [1.29, 1.82) is 5.26 Å². The fourth-order valence-electron chi connectivity index (χ4n) is 4.71. The number of nitriles is 1. The number of rotatable bonds is 5. The van der Waals surface area contributed by atoms with Crippen molar-refractivity contribution in [3.05, 3.63) is 111 Å². The van der Waals surface area contributed by atoms with E-state index >= 15 is 0 Å². The summed E-state index contributed by atoms with van der Waals surface area (Å²) in [6.45, 7) is 4.48. The average Bonchev–Trinajstić information content (AvgIpc) is 2.86. The lowest BCUT2D eigenvalue weighted by Crippen LogP contribution is -2.39. The molecule has 0 spiro atoms. The highest BCUT2D eigenvalue weighted by Gasteiger charge is 2.47. The Bertz CT molecular complexity index is 1550. The molecule has 0 radical (unpaired) electrons. The molecule has 5 rings (SSSR count). The summed E-state index contributed by atoms with van der Waals surface area (Å²) >= 11 is 0. The van der Waals surface area contributed by atoms with Crippen molar-refractivity contribution in [2.45, 2.75) is 26.3 Å². The number of hydrogen-bond donors (Lipinski definition) is 1. The number of benzene rings is 3. The maximum atomic E-state index is 14.3. The zero-order valence-corrected chi connectivity index (χ0v) is 20.7. The van der Waals surface area contributed by atoms with Crippen LogP contribution in [0.3, 0.4) is 0 Å². The molecule has 0 saturated carbocycles. The van der Waals surface area contributed by atoms with Gasteiger partial charge in [0.15, 0.2) is 5.76 Å². The largest absolute Gasteiger partial charge is 0.494 e. The van der Waals surface area contributed by atoms with E-state index in [1.54, 1.807) is 36.4 Å². The van der Waals surface area contributed by atoms with Crippen LogP contribution in [0, 0.1) is 18.3 Å². The highest BCUT2D eigenvalue weighted by atomic mass is 32.2. The Morgan fingerprint density at radius 1 is 1.08 bits per heavy atom. The van der Waals surface area contributed by atoms with E-state index in [4.69, 9.17) is 15.2 Å². The minimum atomic E-state index is -4.12. The summed E-state index contributed by atoms with van der Waals surface area (Å²) in [5.74, 6) is -0.225. The molecule has 8 heteroatoms. The van der Waals surface area contributed by atoms with Crippen molar-refractivity contribution < 1.29 is 17.9 Å². The Hall–Kier alpha value is -4.22. The fourth-order valence-corrected chi connectivity index (χ4v) is 6.62. The van der Waals surface area contributed by atoms with Gasteiger partial charge in [-0.1, -0.05) is 54.1 Å². The molecule has 2 aliphatic heterocycles. The first-order valence-electron chi connectivity index (χ1n) is 11.6. The van der Waals surface area contributed by atoms with Gasteiger partial charge < -0.3 is 15.2 Å². The number of para-hydroxylation sites is 1. The second kappa shape index (κ2) is 9.10.